The standard InChI is InChI=1S/C36H34ClFN2O5Si/c1-22-33(46(2,3)38)32(17-18-41)45-36(22)27-20-24(37)15-16-28(27)39(35(36)43)21-23-9-8-10-25(19-23)40-29-12-5-7-14-31(29)44-30-13-6-4-11-26(30)34(40)42/h4-16,19-20,22,32-33,41H,17-18,21H2,1-3H3/t22-,32+,33-,36+/m0/s1. The molecule has 3 aliphatic rings. The summed E-state index contributed by atoms with van der Waals surface area (Å²) in [5.41, 5.74) is 1.76. The van der Waals surface area contributed by atoms with E-state index in [4.69, 9.17) is 21.1 Å². The lowest BCUT2D eigenvalue weighted by Gasteiger charge is -2.31. The van der Waals surface area contributed by atoms with E-state index in [-0.39, 0.29) is 31.4 Å². The van der Waals surface area contributed by atoms with Gasteiger partial charge in [-0.25, -0.2) is 0 Å². The van der Waals surface area contributed by atoms with Crippen LogP contribution >= 0.6 is 11.6 Å². The summed E-state index contributed by atoms with van der Waals surface area (Å²) in [7, 11) is -3.32. The molecule has 46 heavy (non-hydrogen) atoms. The highest BCUT2D eigenvalue weighted by Crippen LogP contribution is 2.60. The van der Waals surface area contributed by atoms with Crippen LogP contribution in [0, 0.1) is 5.92 Å². The Labute approximate surface area is 273 Å². The minimum absolute atomic E-state index is 0.171. The fraction of sp³-hybridized carbons (Fsp3) is 0.278. The first-order valence-electron chi connectivity index (χ1n) is 15.4. The predicted octanol–water partition coefficient (Wildman–Crippen LogP) is 8.13. The molecule has 0 radical (unpaired) electrons. The van der Waals surface area contributed by atoms with Crippen molar-refractivity contribution in [2.24, 2.45) is 5.92 Å². The lowest BCUT2D eigenvalue weighted by molar-refractivity contribution is -0.146. The van der Waals surface area contributed by atoms with Crippen LogP contribution in [0.15, 0.2) is 91.0 Å². The van der Waals surface area contributed by atoms with Gasteiger partial charge < -0.3 is 23.6 Å². The van der Waals surface area contributed by atoms with Crippen LogP contribution in [0.4, 0.5) is 21.2 Å². The van der Waals surface area contributed by atoms with E-state index in [9.17, 15) is 14.7 Å². The van der Waals surface area contributed by atoms with Crippen molar-refractivity contribution in [3.8, 4) is 11.5 Å². The Hall–Kier alpha value is -4.02. The topological polar surface area (TPSA) is 79.3 Å². The van der Waals surface area contributed by atoms with Gasteiger partial charge in [-0.05, 0) is 79.7 Å². The average molecular weight is 657 g/mol. The van der Waals surface area contributed by atoms with Crippen LogP contribution in [-0.4, -0.2) is 38.0 Å². The first kappa shape index (κ1) is 30.6. The van der Waals surface area contributed by atoms with Crippen LogP contribution in [0.25, 0.3) is 0 Å². The first-order chi connectivity index (χ1) is 22.0. The number of para-hydroxylation sites is 3. The Bertz CT molecular complexity index is 1860. The number of aliphatic hydroxyl groups is 1. The normalized spacial score (nSPS) is 23.7. The fourth-order valence-corrected chi connectivity index (χ4v) is 10.3. The summed E-state index contributed by atoms with van der Waals surface area (Å²) in [6, 6.07) is 27.3. The van der Waals surface area contributed by atoms with Gasteiger partial charge in [0, 0.05) is 34.3 Å². The minimum atomic E-state index is -3.32. The number of anilines is 3. The summed E-state index contributed by atoms with van der Waals surface area (Å²) in [6.07, 6.45) is -0.370. The van der Waals surface area contributed by atoms with Gasteiger partial charge in [-0.1, -0.05) is 54.9 Å². The number of hydrogen-bond donors (Lipinski definition) is 1. The maximum Gasteiger partial charge on any atom is 0.266 e. The number of fused-ring (bicyclic) bond motifs is 4. The Morgan fingerprint density at radius 2 is 1.67 bits per heavy atom. The molecule has 3 aliphatic heterocycles. The molecule has 0 bridgehead atoms. The van der Waals surface area contributed by atoms with Crippen molar-refractivity contribution in [1.29, 1.82) is 0 Å². The molecule has 0 aromatic heterocycles. The molecular weight excluding hydrogens is 623 g/mol. The molecule has 4 aromatic rings. The summed E-state index contributed by atoms with van der Waals surface area (Å²) in [6.45, 7) is 5.16. The van der Waals surface area contributed by atoms with Gasteiger partial charge in [0.05, 0.1) is 29.6 Å². The molecule has 4 aromatic carbocycles. The number of benzene rings is 4. The van der Waals surface area contributed by atoms with Gasteiger partial charge in [0.2, 0.25) is 8.41 Å². The Morgan fingerprint density at radius 3 is 2.43 bits per heavy atom. The van der Waals surface area contributed by atoms with Crippen molar-refractivity contribution in [2.75, 3.05) is 16.4 Å². The maximum absolute atomic E-state index is 15.8. The van der Waals surface area contributed by atoms with Gasteiger partial charge in [0.25, 0.3) is 11.8 Å². The van der Waals surface area contributed by atoms with Gasteiger partial charge >= 0.3 is 0 Å². The van der Waals surface area contributed by atoms with E-state index in [1.807, 2.05) is 61.5 Å². The van der Waals surface area contributed by atoms with Crippen molar-refractivity contribution in [1.82, 2.24) is 0 Å². The average Bonchev–Trinajstić information content (AvgIpc) is 3.39. The molecule has 4 atom stereocenters. The number of nitrogens with zero attached hydrogens (tertiary/aromatic N) is 2. The molecule has 10 heteroatoms. The zero-order valence-corrected chi connectivity index (χ0v) is 27.5. The van der Waals surface area contributed by atoms with E-state index in [1.165, 1.54) is 0 Å². The molecule has 7 rings (SSSR count). The van der Waals surface area contributed by atoms with Gasteiger partial charge in [0.15, 0.2) is 11.4 Å². The van der Waals surface area contributed by atoms with Crippen molar-refractivity contribution >= 4 is 48.9 Å². The number of ether oxygens (including phenoxy) is 2. The molecule has 1 fully saturated rings. The molecule has 236 valence electrons. The summed E-state index contributed by atoms with van der Waals surface area (Å²) < 4.78 is 28.6. The molecule has 3 heterocycles. The predicted molar refractivity (Wildman–Crippen MR) is 178 cm³/mol. The smallest absolute Gasteiger partial charge is 0.266 e. The Balaban J connectivity index is 1.28. The van der Waals surface area contributed by atoms with Gasteiger partial charge in [-0.3, -0.25) is 14.5 Å². The highest BCUT2D eigenvalue weighted by atomic mass is 35.5. The zero-order chi connectivity index (χ0) is 32.4. The number of rotatable bonds is 6. The lowest BCUT2D eigenvalue weighted by atomic mass is 9.82. The number of aliphatic hydroxyl groups excluding tert-OH is 1. The molecule has 1 saturated heterocycles. The summed E-state index contributed by atoms with van der Waals surface area (Å²) in [5.74, 6) is 0.0196. The fourth-order valence-electron chi connectivity index (χ4n) is 7.62. The second kappa shape index (κ2) is 11.3. The minimum Gasteiger partial charge on any atom is -0.454 e. The second-order valence-corrected chi connectivity index (χ2v) is 16.9. The largest absolute Gasteiger partial charge is 0.454 e. The van der Waals surface area contributed by atoms with E-state index >= 15 is 4.11 Å². The van der Waals surface area contributed by atoms with E-state index < -0.39 is 31.6 Å². The van der Waals surface area contributed by atoms with Crippen molar-refractivity contribution in [3.05, 3.63) is 113 Å². The molecule has 1 N–H and O–H groups in total. The SMILES string of the molecule is C[C@H]1[C@H]([Si](C)(C)F)[C@@H](CCO)O[C@]12C(=O)N(Cc1cccc(N3C(=O)c4ccccc4Oc4ccccc43)c1)c1ccc(Cl)cc12. The quantitative estimate of drug-likeness (QED) is 0.167. The lowest BCUT2D eigenvalue weighted by Crippen LogP contribution is -2.45. The number of halogens is 2. The monoisotopic (exact) mass is 656 g/mol. The van der Waals surface area contributed by atoms with Crippen LogP contribution in [0.1, 0.15) is 34.8 Å². The molecular formula is C36H34ClFN2O5Si. The second-order valence-electron chi connectivity index (χ2n) is 12.7. The Kier molecular flexibility index (Phi) is 7.55. The van der Waals surface area contributed by atoms with E-state index in [2.05, 4.69) is 0 Å². The van der Waals surface area contributed by atoms with Crippen LogP contribution in [0.2, 0.25) is 23.7 Å². The third-order valence-corrected chi connectivity index (χ3v) is 12.2. The molecule has 0 unspecified atom stereocenters. The number of amides is 2. The molecule has 1 spiro atoms. The number of carbonyl (C=O) groups excluding carboxylic acids is 2. The maximum atomic E-state index is 15.8. The van der Waals surface area contributed by atoms with Crippen LogP contribution in [-0.2, 0) is 21.7 Å². The first-order valence-corrected chi connectivity index (χ1v) is 18.8. The van der Waals surface area contributed by atoms with Gasteiger partial charge in [-0.2, -0.15) is 0 Å². The highest BCUT2D eigenvalue weighted by molar-refractivity contribution is 6.72. The summed E-state index contributed by atoms with van der Waals surface area (Å²) in [4.78, 5) is 31.9. The van der Waals surface area contributed by atoms with E-state index in [0.29, 0.717) is 44.7 Å². The molecule has 0 saturated carbocycles. The number of hydrogen-bond acceptors (Lipinski definition) is 5. The van der Waals surface area contributed by atoms with E-state index in [1.54, 1.807) is 59.3 Å². The van der Waals surface area contributed by atoms with Gasteiger partial charge in [0.1, 0.15) is 5.75 Å². The molecule has 7 nitrogen and oxygen atoms in total. The van der Waals surface area contributed by atoms with Crippen LogP contribution < -0.4 is 14.5 Å². The van der Waals surface area contributed by atoms with Gasteiger partial charge in [-0.15, -0.1) is 0 Å². The van der Waals surface area contributed by atoms with Crippen LogP contribution in [0.3, 0.4) is 0 Å². The molecule has 2 amide bonds. The van der Waals surface area contributed by atoms with Crippen molar-refractivity contribution in [2.45, 2.75) is 50.2 Å². The summed E-state index contributed by atoms with van der Waals surface area (Å²) in [5, 5.41) is 10.3. The zero-order valence-electron chi connectivity index (χ0n) is 25.7. The van der Waals surface area contributed by atoms with E-state index in [0.717, 1.165) is 5.56 Å². The van der Waals surface area contributed by atoms with Crippen molar-refractivity contribution in [3.63, 3.8) is 0 Å². The number of carbonyl (C=O) groups is 2. The molecule has 0 aliphatic carbocycles. The van der Waals surface area contributed by atoms with Crippen molar-refractivity contribution < 1.29 is 28.3 Å². The third-order valence-electron chi connectivity index (χ3n) is 9.49. The highest BCUT2D eigenvalue weighted by Gasteiger charge is 2.66. The van der Waals surface area contributed by atoms with Crippen LogP contribution in [0.5, 0.6) is 11.5 Å². The third kappa shape index (κ3) is 4.76. The summed E-state index contributed by atoms with van der Waals surface area (Å²) >= 11 is 6.48. The Morgan fingerprint density at radius 1 is 0.935 bits per heavy atom.